The first-order valence-corrected chi connectivity index (χ1v) is 11.9. The zero-order valence-corrected chi connectivity index (χ0v) is 19.1. The van der Waals surface area contributed by atoms with E-state index in [0.29, 0.717) is 23.7 Å². The van der Waals surface area contributed by atoms with E-state index in [4.69, 9.17) is 4.74 Å². The van der Waals surface area contributed by atoms with E-state index in [-0.39, 0.29) is 22.9 Å². The Morgan fingerprint density at radius 3 is 2.64 bits per heavy atom. The molecule has 2 N–H and O–H groups in total. The molecule has 4 rings (SSSR count). The van der Waals surface area contributed by atoms with Gasteiger partial charge >= 0.3 is 0 Å². The summed E-state index contributed by atoms with van der Waals surface area (Å²) in [4.78, 5) is 17.1. The predicted molar refractivity (Wildman–Crippen MR) is 126 cm³/mol. The van der Waals surface area contributed by atoms with E-state index in [9.17, 15) is 13.2 Å². The molecule has 0 radical (unpaired) electrons. The van der Waals surface area contributed by atoms with Gasteiger partial charge in [0.05, 0.1) is 23.7 Å². The van der Waals surface area contributed by atoms with Gasteiger partial charge in [0.1, 0.15) is 11.4 Å². The van der Waals surface area contributed by atoms with E-state index in [1.807, 2.05) is 42.8 Å². The number of carbonyl (C=O) groups is 1. The maximum Gasteiger partial charge on any atom is 0.261 e. The summed E-state index contributed by atoms with van der Waals surface area (Å²) in [6, 6.07) is 16.4. The summed E-state index contributed by atoms with van der Waals surface area (Å²) in [5.74, 6) is 0.265. The van der Waals surface area contributed by atoms with Gasteiger partial charge in [-0.15, -0.1) is 0 Å². The number of anilines is 1. The van der Waals surface area contributed by atoms with Gasteiger partial charge < -0.3 is 14.5 Å². The van der Waals surface area contributed by atoms with Crippen LogP contribution in [0.3, 0.4) is 0 Å². The molecule has 4 aromatic rings. The number of pyridine rings is 1. The van der Waals surface area contributed by atoms with Crippen molar-refractivity contribution in [2.24, 2.45) is 0 Å². The number of fused-ring (bicyclic) bond motifs is 1. The molecule has 0 saturated carbocycles. The predicted octanol–water partition coefficient (Wildman–Crippen LogP) is 3.77. The normalized spacial score (nSPS) is 11.3. The fourth-order valence-electron chi connectivity index (χ4n) is 3.30. The average Bonchev–Trinajstić information content (AvgIpc) is 3.21. The highest BCUT2D eigenvalue weighted by molar-refractivity contribution is 7.92. The van der Waals surface area contributed by atoms with Crippen LogP contribution in [0.25, 0.3) is 5.65 Å². The maximum absolute atomic E-state index is 12.8. The molecule has 33 heavy (non-hydrogen) atoms. The molecule has 1 amide bonds. The Morgan fingerprint density at radius 2 is 1.88 bits per heavy atom. The SMILES string of the molecule is CCOc1ccc(NS(=O)(=O)c2cccc(C(=O)NCc3cn4ccc(C)cc4n3)c2)cc1. The van der Waals surface area contributed by atoms with Gasteiger partial charge in [0.25, 0.3) is 15.9 Å². The smallest absolute Gasteiger partial charge is 0.261 e. The molecule has 8 nitrogen and oxygen atoms in total. The summed E-state index contributed by atoms with van der Waals surface area (Å²) < 4.78 is 35.4. The molecule has 0 aliphatic heterocycles. The molecule has 0 aliphatic rings. The number of rotatable bonds is 8. The van der Waals surface area contributed by atoms with Crippen molar-refractivity contribution in [3.05, 3.63) is 89.9 Å². The second-order valence-corrected chi connectivity index (χ2v) is 9.16. The lowest BCUT2D eigenvalue weighted by molar-refractivity contribution is 0.0950. The van der Waals surface area contributed by atoms with Crippen LogP contribution in [0.1, 0.15) is 28.5 Å². The Balaban J connectivity index is 1.44. The Hall–Kier alpha value is -3.85. The number of nitrogens with one attached hydrogen (secondary N) is 2. The topological polar surface area (TPSA) is 102 Å². The van der Waals surface area contributed by atoms with Crippen molar-refractivity contribution in [2.45, 2.75) is 25.3 Å². The summed E-state index contributed by atoms with van der Waals surface area (Å²) in [6.07, 6.45) is 3.76. The van der Waals surface area contributed by atoms with Crippen LogP contribution in [-0.2, 0) is 16.6 Å². The lowest BCUT2D eigenvalue weighted by atomic mass is 10.2. The van der Waals surface area contributed by atoms with Crippen LogP contribution in [0.4, 0.5) is 5.69 Å². The molecule has 2 aromatic heterocycles. The van der Waals surface area contributed by atoms with Gasteiger partial charge in [-0.25, -0.2) is 13.4 Å². The highest BCUT2D eigenvalue weighted by Crippen LogP contribution is 2.20. The first-order valence-electron chi connectivity index (χ1n) is 10.4. The summed E-state index contributed by atoms with van der Waals surface area (Å²) >= 11 is 0. The molecule has 0 aliphatic carbocycles. The summed E-state index contributed by atoms with van der Waals surface area (Å²) in [7, 11) is -3.87. The Labute approximate surface area is 192 Å². The van der Waals surface area contributed by atoms with E-state index in [2.05, 4.69) is 15.0 Å². The van der Waals surface area contributed by atoms with Crippen LogP contribution in [0.5, 0.6) is 5.75 Å². The Kier molecular flexibility index (Phi) is 6.32. The lowest BCUT2D eigenvalue weighted by Gasteiger charge is -2.10. The molecule has 0 fully saturated rings. The summed E-state index contributed by atoms with van der Waals surface area (Å²) in [5.41, 5.74) is 3.24. The number of carbonyl (C=O) groups excluding carboxylic acids is 1. The third kappa shape index (κ3) is 5.32. The van der Waals surface area contributed by atoms with E-state index in [1.165, 1.54) is 18.2 Å². The molecule has 2 aromatic carbocycles. The summed E-state index contributed by atoms with van der Waals surface area (Å²) in [6.45, 7) is 4.61. The van der Waals surface area contributed by atoms with Crippen LogP contribution in [0, 0.1) is 6.92 Å². The van der Waals surface area contributed by atoms with E-state index < -0.39 is 10.0 Å². The van der Waals surface area contributed by atoms with E-state index in [1.54, 1.807) is 30.3 Å². The van der Waals surface area contributed by atoms with Gasteiger partial charge in [-0.05, 0) is 74.0 Å². The minimum absolute atomic E-state index is 0.00719. The van der Waals surface area contributed by atoms with Gasteiger partial charge in [0.15, 0.2) is 0 Å². The van der Waals surface area contributed by atoms with Crippen LogP contribution < -0.4 is 14.8 Å². The number of hydrogen-bond donors (Lipinski definition) is 2. The van der Waals surface area contributed by atoms with Crippen molar-refractivity contribution < 1.29 is 17.9 Å². The Bertz CT molecular complexity index is 1400. The largest absolute Gasteiger partial charge is 0.494 e. The van der Waals surface area contributed by atoms with Crippen molar-refractivity contribution in [3.63, 3.8) is 0 Å². The fraction of sp³-hybridized carbons (Fsp3) is 0.167. The zero-order valence-electron chi connectivity index (χ0n) is 18.3. The van der Waals surface area contributed by atoms with Gasteiger partial charge in [0.2, 0.25) is 0 Å². The number of aryl methyl sites for hydroxylation is 1. The quantitative estimate of drug-likeness (QED) is 0.413. The molecule has 0 bridgehead atoms. The molecule has 0 spiro atoms. The monoisotopic (exact) mass is 464 g/mol. The number of nitrogens with zero attached hydrogens (tertiary/aromatic N) is 2. The van der Waals surface area contributed by atoms with E-state index in [0.717, 1.165) is 11.2 Å². The summed E-state index contributed by atoms with van der Waals surface area (Å²) in [5, 5.41) is 2.79. The number of imidazole rings is 1. The maximum atomic E-state index is 12.8. The first kappa shape index (κ1) is 22.3. The minimum atomic E-state index is -3.87. The number of hydrogen-bond acceptors (Lipinski definition) is 5. The number of benzene rings is 2. The van der Waals surface area contributed by atoms with Gasteiger partial charge in [-0.2, -0.15) is 0 Å². The molecule has 0 saturated heterocycles. The van der Waals surface area contributed by atoms with E-state index >= 15 is 0 Å². The lowest BCUT2D eigenvalue weighted by Crippen LogP contribution is -2.23. The number of sulfonamides is 1. The van der Waals surface area contributed by atoms with Crippen molar-refractivity contribution in [3.8, 4) is 5.75 Å². The van der Waals surface area contributed by atoms with Gasteiger partial charge in [-0.3, -0.25) is 9.52 Å². The number of ether oxygens (including phenoxy) is 1. The molecular weight excluding hydrogens is 440 g/mol. The molecular formula is C24H24N4O4S. The van der Waals surface area contributed by atoms with Crippen molar-refractivity contribution >= 4 is 27.3 Å². The Morgan fingerprint density at radius 1 is 1.09 bits per heavy atom. The van der Waals surface area contributed by atoms with Crippen LogP contribution in [0.2, 0.25) is 0 Å². The zero-order chi connectivity index (χ0) is 23.4. The average molecular weight is 465 g/mol. The second kappa shape index (κ2) is 9.33. The highest BCUT2D eigenvalue weighted by Gasteiger charge is 2.17. The molecule has 2 heterocycles. The van der Waals surface area contributed by atoms with Crippen LogP contribution >= 0.6 is 0 Å². The molecule has 0 atom stereocenters. The third-order valence-corrected chi connectivity index (χ3v) is 6.30. The van der Waals surface area contributed by atoms with Crippen LogP contribution in [0.15, 0.2) is 78.0 Å². The molecule has 9 heteroatoms. The molecule has 0 unspecified atom stereocenters. The van der Waals surface area contributed by atoms with Gasteiger partial charge in [-0.1, -0.05) is 6.07 Å². The minimum Gasteiger partial charge on any atom is -0.494 e. The fourth-order valence-corrected chi connectivity index (χ4v) is 4.40. The second-order valence-electron chi connectivity index (χ2n) is 7.48. The van der Waals surface area contributed by atoms with Crippen molar-refractivity contribution in [2.75, 3.05) is 11.3 Å². The number of aromatic nitrogens is 2. The van der Waals surface area contributed by atoms with Crippen LogP contribution in [-0.4, -0.2) is 30.3 Å². The third-order valence-electron chi connectivity index (χ3n) is 4.92. The number of amides is 1. The standard InChI is InChI=1S/C24H24N4O4S/c1-3-32-21-9-7-19(8-10-21)27-33(30,31)22-6-4-5-18(14-22)24(29)25-15-20-16-28-12-11-17(2)13-23(28)26-20/h4-14,16,27H,3,15H2,1-2H3,(H,25,29). The van der Waals surface area contributed by atoms with Crippen molar-refractivity contribution in [1.29, 1.82) is 0 Å². The van der Waals surface area contributed by atoms with Crippen molar-refractivity contribution in [1.82, 2.24) is 14.7 Å². The van der Waals surface area contributed by atoms with Gasteiger partial charge in [0, 0.05) is 23.6 Å². The molecule has 170 valence electrons. The first-order chi connectivity index (χ1) is 15.8. The highest BCUT2D eigenvalue weighted by atomic mass is 32.2.